The molecule has 7 saturated heterocycles. The van der Waals surface area contributed by atoms with Crippen molar-refractivity contribution in [1.29, 1.82) is 0 Å². The van der Waals surface area contributed by atoms with E-state index in [1.807, 2.05) is 92.8 Å². The van der Waals surface area contributed by atoms with Crippen LogP contribution in [0.1, 0.15) is 183 Å². The molecule has 3 aromatic rings. The molecule has 7 aliphatic rings. The van der Waals surface area contributed by atoms with E-state index in [2.05, 4.69) is 31.6 Å². The molecule has 2 unspecified atom stereocenters. The van der Waals surface area contributed by atoms with Crippen molar-refractivity contribution in [1.82, 2.24) is 66.5 Å². The zero-order chi connectivity index (χ0) is 105. The Morgan fingerprint density at radius 1 is 0.471 bits per heavy atom. The number of hydrazine groups is 4. The molecule has 0 aliphatic carbocycles. The highest BCUT2D eigenvalue weighted by Gasteiger charge is 2.51. The van der Waals surface area contributed by atoms with E-state index in [0.29, 0.717) is 103 Å². The molecule has 140 heavy (non-hydrogen) atoms. The number of carbonyl (C=O) groups excluding carboxylic acids is 19. The Kier molecular flexibility index (Phi) is 50.5. The fourth-order valence-electron chi connectivity index (χ4n) is 15.6. The summed E-state index contributed by atoms with van der Waals surface area (Å²) in [5.74, 6) is -4.36. The zero-order valence-corrected chi connectivity index (χ0v) is 82.8. The molecular weight excluding hydrogens is 1840 g/mol. The minimum atomic E-state index is -1.26. The van der Waals surface area contributed by atoms with Crippen LogP contribution in [0.5, 0.6) is 0 Å². The molecule has 7 fully saturated rings. The molecule has 0 bridgehead atoms. The number of carboxylic acid groups (broad SMARTS) is 1. The summed E-state index contributed by atoms with van der Waals surface area (Å²) in [7, 11) is 8.08. The van der Waals surface area contributed by atoms with Gasteiger partial charge in [-0.1, -0.05) is 97.9 Å². The first-order valence-electron chi connectivity index (χ1n) is 46.0. The van der Waals surface area contributed by atoms with Crippen LogP contribution in [0.2, 0.25) is 0 Å². The third-order valence-corrected chi connectivity index (χ3v) is 22.0. The number of nitrogens with two attached hydrogens (primary N) is 1. The second kappa shape index (κ2) is 59.6. The lowest BCUT2D eigenvalue weighted by atomic mass is 9.88. The van der Waals surface area contributed by atoms with E-state index in [-0.39, 0.29) is 101 Å². The van der Waals surface area contributed by atoms with Gasteiger partial charge in [0.1, 0.15) is 66.8 Å². The van der Waals surface area contributed by atoms with Crippen LogP contribution in [0.25, 0.3) is 0 Å². The van der Waals surface area contributed by atoms with Crippen LogP contribution in [-0.4, -0.2) is 314 Å². The summed E-state index contributed by atoms with van der Waals surface area (Å²) >= 11 is 0. The number of hydrogen-bond acceptors (Lipinski definition) is 34. The molecule has 11 amide bonds. The van der Waals surface area contributed by atoms with E-state index in [0.717, 1.165) is 48.0 Å². The number of hydrogen-bond donors (Lipinski definition) is 7. The van der Waals surface area contributed by atoms with Crippen LogP contribution in [0.4, 0.5) is 24.0 Å². The fourth-order valence-corrected chi connectivity index (χ4v) is 15.6. The Balaban J connectivity index is 0.000000354. The number of fused-ring (bicyclic) bond motifs is 2. The van der Waals surface area contributed by atoms with Crippen LogP contribution in [0.15, 0.2) is 91.0 Å². The number of esters is 6. The van der Waals surface area contributed by atoms with E-state index < -0.39 is 155 Å². The highest BCUT2D eigenvalue weighted by Crippen LogP contribution is 2.33. The number of carbonyl (C=O) groups is 18. The first kappa shape index (κ1) is 119. The SMILES string of the molecule is CCCN(NC(=O)OC(C)(C)C)C(=O)[C@@H]1[C@H](C(=O)OC)CCCN1C(=O)OCc1ccccc1.CCN(NC(=O)OC(C)(C)C)C(=O)[C@H]1NCCC[C@H]1C(=O)OC.CNCCC(=O)OCc1ccccc1.COC(=O)[C@@H]1CCCN(C(=O)OCc2ccccc2)[C@@H]1C(=O)O.COC(=O)[C@@H]1CCCN2C(=O)CCN(N)C(=O)C12.COC(=O)[C@@H]1CCCN2C(=O)CCN(NC(=O)OC(C)(C)C)C(=O)C12.O=C=O. The topological polar surface area (TPSA) is 575 Å². The molecular formula is C94H138N14O32. The van der Waals surface area contributed by atoms with Gasteiger partial charge in [-0.15, -0.1) is 0 Å². The quantitative estimate of drug-likeness (QED) is 0.0218. The van der Waals surface area contributed by atoms with Gasteiger partial charge in [0.15, 0.2) is 0 Å². The Morgan fingerprint density at radius 2 is 0.843 bits per heavy atom. The Labute approximate surface area is 814 Å². The molecule has 8 N–H and O–H groups in total. The summed E-state index contributed by atoms with van der Waals surface area (Å²) in [5, 5.41) is 19.7. The zero-order valence-electron chi connectivity index (χ0n) is 82.8. The minimum absolute atomic E-state index is 0.0226. The number of amides is 11. The van der Waals surface area contributed by atoms with Crippen LogP contribution >= 0.6 is 0 Å². The second-order valence-electron chi connectivity index (χ2n) is 35.6. The lowest BCUT2D eigenvalue weighted by Gasteiger charge is -2.40. The standard InChI is InChI=1S/C24H35N3O7.C16H25N3O6.C16H19NO6.C15H27N3O5.C11H17N3O4.C11H15NO2.CO2/c1-6-14-27(25-22(30)34-24(2,3)4)20(28)19-18(21(29)32-5)13-10-15-26(19)23(31)33-16-17-11-8-7-9-12-17;1-16(2,3)25-15(23)17-19-9-7-11(20)18-8-5-6-10(14(22)24-4)12(18)13(19)21;1-22-15(20)12-8-5-9-17(13(12)14(18)19)16(21)23-10-11-6-3-2-4-7-11;1-6-18(17-14(21)23-15(2,3)4)12(19)11-10(13(20)22-5)8-7-9-16-11;1-18-11(17)7-3-2-5-13-8(15)4-6-14(12)10(16)9(7)13;1-12-8-7-11(13)14-9-10-5-3-2-4-6-10;2-1-3/h7-9,11-12,18-19H,6,10,13-16H2,1-5H3,(H,25,30);10,12H,5-9H2,1-4H3,(H,17,23);2-4,6-7,12-13H,5,8-10H2,1H3,(H,18,19);10-11,16H,6-9H2,1-5H3,(H,17,21);7,9H,2-6,12H2,1H3;2-6,12H,7-9H2,1H3;/t18-,19+;10-,12?;12-,13+;10-,11+;7-,9?;;/m11111../s1. The van der Waals surface area contributed by atoms with Gasteiger partial charge in [0.2, 0.25) is 11.8 Å². The van der Waals surface area contributed by atoms with Crippen molar-refractivity contribution in [2.45, 2.75) is 233 Å². The molecule has 0 spiro atoms. The van der Waals surface area contributed by atoms with Gasteiger partial charge in [-0.05, 0) is 170 Å². The molecule has 10 atom stereocenters. The van der Waals surface area contributed by atoms with Gasteiger partial charge in [0, 0.05) is 65.2 Å². The lowest BCUT2D eigenvalue weighted by molar-refractivity contribution is -0.192. The largest absolute Gasteiger partial charge is 0.480 e. The molecule has 7 heterocycles. The number of carboxylic acids is 1. The Hall–Kier alpha value is -13.6. The molecule has 46 nitrogen and oxygen atoms in total. The summed E-state index contributed by atoms with van der Waals surface area (Å²) in [4.78, 5) is 241. The van der Waals surface area contributed by atoms with Gasteiger partial charge in [-0.2, -0.15) is 9.59 Å². The third kappa shape index (κ3) is 39.0. The van der Waals surface area contributed by atoms with E-state index in [9.17, 15) is 91.4 Å². The third-order valence-electron chi connectivity index (χ3n) is 22.0. The molecule has 10 rings (SSSR count). The number of nitrogens with one attached hydrogen (secondary N) is 5. The lowest BCUT2D eigenvalue weighted by Crippen LogP contribution is -2.61. The second-order valence-corrected chi connectivity index (χ2v) is 35.6. The average Bonchev–Trinajstić information content (AvgIpc) is 1.73. The van der Waals surface area contributed by atoms with Gasteiger partial charge in [-0.25, -0.2) is 60.9 Å². The van der Waals surface area contributed by atoms with Crippen molar-refractivity contribution in [3.63, 3.8) is 0 Å². The summed E-state index contributed by atoms with van der Waals surface area (Å²) in [6.45, 7) is 22.7. The van der Waals surface area contributed by atoms with Crippen molar-refractivity contribution in [2.75, 3.05) is 108 Å². The number of likely N-dealkylation sites (N-methyl/N-ethyl adjacent to an activating group) is 1. The number of aliphatic carboxylic acids is 1. The number of likely N-dealkylation sites (tertiary alicyclic amines) is 2. The van der Waals surface area contributed by atoms with Crippen molar-refractivity contribution in [2.24, 2.45) is 35.4 Å². The van der Waals surface area contributed by atoms with Gasteiger partial charge in [0.05, 0.1) is 78.1 Å². The van der Waals surface area contributed by atoms with E-state index >= 15 is 0 Å². The number of piperidine rings is 5. The minimum Gasteiger partial charge on any atom is -0.480 e. The maximum Gasteiger partial charge on any atom is 0.426 e. The molecule has 7 aliphatic heterocycles. The van der Waals surface area contributed by atoms with Gasteiger partial charge in [-0.3, -0.25) is 77.4 Å². The smallest absolute Gasteiger partial charge is 0.426 e. The van der Waals surface area contributed by atoms with Crippen LogP contribution in [0, 0.1) is 29.6 Å². The molecule has 46 heteroatoms. The van der Waals surface area contributed by atoms with Gasteiger partial charge in [0.25, 0.3) is 23.6 Å². The van der Waals surface area contributed by atoms with Crippen LogP contribution in [-0.2, 0) is 144 Å². The molecule has 0 aromatic heterocycles. The predicted molar refractivity (Wildman–Crippen MR) is 493 cm³/mol. The normalized spacial score (nSPS) is 20.3. The number of methoxy groups -OCH3 is 5. The number of benzene rings is 3. The number of rotatable bonds is 21. The average molecular weight is 1980 g/mol. The van der Waals surface area contributed by atoms with E-state index in [1.165, 1.54) is 50.2 Å². The fraction of sp³-hybridized carbons (Fsp3) is 0.606. The number of ether oxygens (including phenoxy) is 11. The molecule has 0 radical (unpaired) electrons. The van der Waals surface area contributed by atoms with Crippen molar-refractivity contribution < 1.29 is 153 Å². The first-order chi connectivity index (χ1) is 66.2. The summed E-state index contributed by atoms with van der Waals surface area (Å²) in [6.07, 6.45) is 3.10. The Morgan fingerprint density at radius 3 is 1.26 bits per heavy atom. The summed E-state index contributed by atoms with van der Waals surface area (Å²) in [5.41, 5.74) is 7.73. The van der Waals surface area contributed by atoms with Crippen molar-refractivity contribution >= 4 is 114 Å². The van der Waals surface area contributed by atoms with Crippen molar-refractivity contribution in [3.8, 4) is 0 Å². The summed E-state index contributed by atoms with van der Waals surface area (Å²) in [6, 6.07) is 22.9. The van der Waals surface area contributed by atoms with Crippen LogP contribution in [0.3, 0.4) is 0 Å². The highest BCUT2D eigenvalue weighted by molar-refractivity contribution is 5.97. The molecule has 3 aromatic carbocycles. The monoisotopic (exact) mass is 1970 g/mol. The Bertz CT molecular complexity index is 4630. The van der Waals surface area contributed by atoms with Crippen molar-refractivity contribution in [3.05, 3.63) is 108 Å². The highest BCUT2D eigenvalue weighted by atomic mass is 16.6. The van der Waals surface area contributed by atoms with Gasteiger partial charge >= 0.3 is 78.4 Å². The number of nitrogens with zero attached hydrogens (tertiary/aromatic N) is 8. The molecule has 776 valence electrons. The van der Waals surface area contributed by atoms with E-state index in [4.69, 9.17) is 62.8 Å². The maximum atomic E-state index is 13.6. The van der Waals surface area contributed by atoms with Gasteiger partial charge < -0.3 is 77.6 Å². The van der Waals surface area contributed by atoms with Crippen LogP contribution < -0.4 is 32.8 Å². The molecule has 0 saturated carbocycles. The summed E-state index contributed by atoms with van der Waals surface area (Å²) < 4.78 is 55.1. The predicted octanol–water partition coefficient (Wildman–Crippen LogP) is 5.80. The maximum absolute atomic E-state index is 13.6. The first-order valence-corrected chi connectivity index (χ1v) is 46.0. The van der Waals surface area contributed by atoms with E-state index in [1.54, 1.807) is 81.4 Å².